The molecule has 1 amide bonds. The van der Waals surface area contributed by atoms with Gasteiger partial charge in [0, 0.05) is 25.4 Å². The van der Waals surface area contributed by atoms with Crippen molar-refractivity contribution in [1.29, 1.82) is 0 Å². The molecule has 0 aliphatic carbocycles. The average molecular weight is 273 g/mol. The zero-order chi connectivity index (χ0) is 13.8. The molecule has 2 heterocycles. The van der Waals surface area contributed by atoms with E-state index >= 15 is 0 Å². The van der Waals surface area contributed by atoms with Gasteiger partial charge in [-0.05, 0) is 30.7 Å². The third-order valence-electron chi connectivity index (χ3n) is 4.50. The minimum absolute atomic E-state index is 0.330. The van der Waals surface area contributed by atoms with Gasteiger partial charge in [-0.15, -0.1) is 0 Å². The Morgan fingerprint density at radius 3 is 2.40 bits per heavy atom. The Balaban J connectivity index is 1.43. The fourth-order valence-electron chi connectivity index (χ4n) is 3.11. The van der Waals surface area contributed by atoms with Crippen LogP contribution in [0.2, 0.25) is 0 Å². The van der Waals surface area contributed by atoms with E-state index in [0.29, 0.717) is 18.2 Å². The van der Waals surface area contributed by atoms with Crippen molar-refractivity contribution in [3.63, 3.8) is 0 Å². The molecule has 2 aliphatic heterocycles. The number of carbonyl (C=O) groups is 1. The maximum atomic E-state index is 12.1. The molecule has 0 spiro atoms. The molecule has 0 N–H and O–H groups in total. The van der Waals surface area contributed by atoms with E-state index < -0.39 is 0 Å². The Bertz CT molecular complexity index is 434. The highest BCUT2D eigenvalue weighted by Gasteiger charge is 2.27. The summed E-state index contributed by atoms with van der Waals surface area (Å²) in [6.45, 7) is 3.42. The highest BCUT2D eigenvalue weighted by molar-refractivity contribution is 5.76. The molecule has 3 rings (SSSR count). The highest BCUT2D eigenvalue weighted by Crippen LogP contribution is 2.23. The van der Waals surface area contributed by atoms with Gasteiger partial charge >= 0.3 is 0 Å². The van der Waals surface area contributed by atoms with Crippen molar-refractivity contribution in [2.24, 2.45) is 11.8 Å². The number of hydrogen-bond acceptors (Lipinski definition) is 2. The summed E-state index contributed by atoms with van der Waals surface area (Å²) in [4.78, 5) is 14.2. The van der Waals surface area contributed by atoms with E-state index in [0.717, 1.165) is 51.5 Å². The van der Waals surface area contributed by atoms with E-state index in [1.54, 1.807) is 0 Å². The lowest BCUT2D eigenvalue weighted by atomic mass is 9.90. The van der Waals surface area contributed by atoms with Crippen molar-refractivity contribution in [3.8, 4) is 0 Å². The van der Waals surface area contributed by atoms with E-state index in [1.807, 2.05) is 0 Å². The quantitative estimate of drug-likeness (QED) is 0.843. The van der Waals surface area contributed by atoms with Crippen molar-refractivity contribution >= 4 is 5.91 Å². The number of likely N-dealkylation sites (tertiary alicyclic amines) is 1. The van der Waals surface area contributed by atoms with E-state index in [2.05, 4.69) is 35.2 Å². The molecule has 0 saturated carbocycles. The van der Waals surface area contributed by atoms with E-state index in [-0.39, 0.29) is 0 Å². The largest absolute Gasteiger partial charge is 0.381 e. The van der Waals surface area contributed by atoms with Gasteiger partial charge in [-0.1, -0.05) is 30.3 Å². The van der Waals surface area contributed by atoms with Gasteiger partial charge < -0.3 is 9.64 Å². The molecular formula is C17H23NO2. The van der Waals surface area contributed by atoms with Crippen LogP contribution in [-0.4, -0.2) is 37.1 Å². The summed E-state index contributed by atoms with van der Waals surface area (Å²) in [5, 5.41) is 0. The molecule has 0 atom stereocenters. The fourth-order valence-corrected chi connectivity index (χ4v) is 3.11. The minimum atomic E-state index is 0.330. The van der Waals surface area contributed by atoms with Crippen LogP contribution in [0.4, 0.5) is 0 Å². The Hall–Kier alpha value is -1.35. The first-order valence-corrected chi connectivity index (χ1v) is 7.70. The van der Waals surface area contributed by atoms with Crippen LogP contribution in [0.15, 0.2) is 30.3 Å². The molecule has 0 bridgehead atoms. The summed E-state index contributed by atoms with van der Waals surface area (Å²) >= 11 is 0. The predicted molar refractivity (Wildman–Crippen MR) is 78.4 cm³/mol. The SMILES string of the molecule is O=C(CC1COC1)N1CCC(Cc2ccccc2)CC1. The maximum Gasteiger partial charge on any atom is 0.223 e. The highest BCUT2D eigenvalue weighted by atomic mass is 16.5. The van der Waals surface area contributed by atoms with Crippen molar-refractivity contribution in [3.05, 3.63) is 35.9 Å². The van der Waals surface area contributed by atoms with E-state index in [1.165, 1.54) is 5.56 Å². The summed E-state index contributed by atoms with van der Waals surface area (Å²) < 4.78 is 5.14. The van der Waals surface area contributed by atoms with Gasteiger partial charge in [0.25, 0.3) is 0 Å². The predicted octanol–water partition coefficient (Wildman–Crippen LogP) is 2.50. The first-order valence-electron chi connectivity index (χ1n) is 7.70. The van der Waals surface area contributed by atoms with Gasteiger partial charge in [0.1, 0.15) is 0 Å². The Morgan fingerprint density at radius 2 is 1.80 bits per heavy atom. The van der Waals surface area contributed by atoms with Crippen LogP contribution >= 0.6 is 0 Å². The summed E-state index contributed by atoms with van der Waals surface area (Å²) in [7, 11) is 0. The first kappa shape index (κ1) is 13.6. The fraction of sp³-hybridized carbons (Fsp3) is 0.588. The molecule has 0 aromatic heterocycles. The Labute approximate surface area is 120 Å². The summed E-state index contributed by atoms with van der Waals surface area (Å²) in [5.41, 5.74) is 1.42. The summed E-state index contributed by atoms with van der Waals surface area (Å²) in [5.74, 6) is 1.54. The number of hydrogen-bond donors (Lipinski definition) is 0. The second-order valence-corrected chi connectivity index (χ2v) is 6.12. The standard InChI is InChI=1S/C17H23NO2/c19-17(11-16-12-20-13-16)18-8-6-15(7-9-18)10-14-4-2-1-3-5-14/h1-5,15-16H,6-13H2. The maximum absolute atomic E-state index is 12.1. The minimum Gasteiger partial charge on any atom is -0.381 e. The van der Waals surface area contributed by atoms with Crippen molar-refractivity contribution in [2.45, 2.75) is 25.7 Å². The number of nitrogens with zero attached hydrogens (tertiary/aromatic N) is 1. The zero-order valence-corrected chi connectivity index (χ0v) is 12.0. The van der Waals surface area contributed by atoms with E-state index in [9.17, 15) is 4.79 Å². The Kier molecular flexibility index (Phi) is 4.36. The van der Waals surface area contributed by atoms with Crippen molar-refractivity contribution < 1.29 is 9.53 Å². The number of amides is 1. The molecule has 3 heteroatoms. The zero-order valence-electron chi connectivity index (χ0n) is 12.0. The van der Waals surface area contributed by atoms with Crippen LogP contribution in [0.1, 0.15) is 24.8 Å². The third-order valence-corrected chi connectivity index (χ3v) is 4.50. The molecule has 3 nitrogen and oxygen atoms in total. The molecule has 2 aliphatic rings. The smallest absolute Gasteiger partial charge is 0.223 e. The van der Waals surface area contributed by atoms with E-state index in [4.69, 9.17) is 4.74 Å². The lowest BCUT2D eigenvalue weighted by Gasteiger charge is -2.34. The van der Waals surface area contributed by atoms with Gasteiger partial charge in [0.05, 0.1) is 13.2 Å². The van der Waals surface area contributed by atoms with Gasteiger partial charge in [-0.3, -0.25) is 4.79 Å². The molecule has 20 heavy (non-hydrogen) atoms. The second kappa shape index (κ2) is 6.40. The second-order valence-electron chi connectivity index (χ2n) is 6.12. The molecule has 2 fully saturated rings. The number of ether oxygens (including phenoxy) is 1. The number of rotatable bonds is 4. The van der Waals surface area contributed by atoms with Crippen LogP contribution in [0.25, 0.3) is 0 Å². The van der Waals surface area contributed by atoms with Gasteiger partial charge in [0.15, 0.2) is 0 Å². The first-order chi connectivity index (χ1) is 9.81. The van der Waals surface area contributed by atoms with Crippen LogP contribution in [-0.2, 0) is 16.0 Å². The lowest BCUT2D eigenvalue weighted by Crippen LogP contribution is -2.41. The topological polar surface area (TPSA) is 29.5 Å². The molecule has 0 unspecified atom stereocenters. The van der Waals surface area contributed by atoms with Crippen LogP contribution in [0.3, 0.4) is 0 Å². The molecule has 1 aromatic rings. The van der Waals surface area contributed by atoms with Gasteiger partial charge in [-0.2, -0.15) is 0 Å². The average Bonchev–Trinajstić information content (AvgIpc) is 2.44. The van der Waals surface area contributed by atoms with Crippen LogP contribution < -0.4 is 0 Å². The van der Waals surface area contributed by atoms with Gasteiger partial charge in [0.2, 0.25) is 5.91 Å². The monoisotopic (exact) mass is 273 g/mol. The number of carbonyl (C=O) groups excluding carboxylic acids is 1. The van der Waals surface area contributed by atoms with Crippen molar-refractivity contribution in [1.82, 2.24) is 4.90 Å². The lowest BCUT2D eigenvalue weighted by molar-refractivity contribution is -0.138. The molecule has 0 radical (unpaired) electrons. The van der Waals surface area contributed by atoms with Crippen LogP contribution in [0.5, 0.6) is 0 Å². The third kappa shape index (κ3) is 3.40. The number of benzene rings is 1. The van der Waals surface area contributed by atoms with Gasteiger partial charge in [-0.25, -0.2) is 0 Å². The molecular weight excluding hydrogens is 250 g/mol. The Morgan fingerprint density at radius 1 is 1.10 bits per heavy atom. The molecule has 1 aromatic carbocycles. The molecule has 108 valence electrons. The van der Waals surface area contributed by atoms with Crippen LogP contribution in [0, 0.1) is 11.8 Å². The number of piperidine rings is 1. The summed E-state index contributed by atoms with van der Waals surface area (Å²) in [6, 6.07) is 10.7. The van der Waals surface area contributed by atoms with Crippen molar-refractivity contribution in [2.75, 3.05) is 26.3 Å². The summed E-state index contributed by atoms with van der Waals surface area (Å²) in [6.07, 6.45) is 4.12. The molecule has 2 saturated heterocycles. The normalized spacial score (nSPS) is 20.7.